The summed E-state index contributed by atoms with van der Waals surface area (Å²) in [6, 6.07) is 24.6. The molecule has 0 saturated heterocycles. The maximum atomic E-state index is 12.7. The Morgan fingerprint density at radius 2 is 1.69 bits per heavy atom. The summed E-state index contributed by atoms with van der Waals surface area (Å²) < 4.78 is 7.88. The number of ether oxygens (including phenoxy) is 1. The van der Waals surface area contributed by atoms with Gasteiger partial charge in [0.25, 0.3) is 0 Å². The molecule has 4 aromatic rings. The van der Waals surface area contributed by atoms with Crippen LogP contribution in [0.2, 0.25) is 0 Å². The van der Waals surface area contributed by atoms with Gasteiger partial charge in [0.2, 0.25) is 5.91 Å². The van der Waals surface area contributed by atoms with E-state index in [1.54, 1.807) is 24.3 Å². The van der Waals surface area contributed by atoms with Crippen LogP contribution < -0.4 is 10.6 Å². The molecule has 0 aliphatic heterocycles. The van der Waals surface area contributed by atoms with E-state index < -0.39 is 5.97 Å². The first-order valence-corrected chi connectivity index (χ1v) is 12.7. The molecular formula is C25H22IN5O3S. The minimum absolute atomic E-state index is 0.0883. The summed E-state index contributed by atoms with van der Waals surface area (Å²) in [4.78, 5) is 24.7. The molecule has 3 aromatic carbocycles. The normalized spacial score (nSPS) is 10.6. The number of methoxy groups -OCH3 is 1. The van der Waals surface area contributed by atoms with E-state index in [2.05, 4.69) is 43.4 Å². The second-order valence-electron chi connectivity index (χ2n) is 7.30. The first-order valence-electron chi connectivity index (χ1n) is 10.6. The van der Waals surface area contributed by atoms with Crippen molar-refractivity contribution < 1.29 is 14.3 Å². The Morgan fingerprint density at radius 1 is 0.971 bits per heavy atom. The van der Waals surface area contributed by atoms with Crippen LogP contribution >= 0.6 is 34.4 Å². The summed E-state index contributed by atoms with van der Waals surface area (Å²) in [5, 5.41) is 15.5. The third kappa shape index (κ3) is 6.40. The molecule has 0 atom stereocenters. The van der Waals surface area contributed by atoms with E-state index in [1.807, 2.05) is 59.2 Å². The van der Waals surface area contributed by atoms with Gasteiger partial charge in [-0.2, -0.15) is 0 Å². The Labute approximate surface area is 220 Å². The molecule has 178 valence electrons. The summed E-state index contributed by atoms with van der Waals surface area (Å²) >= 11 is 3.53. The molecular weight excluding hydrogens is 577 g/mol. The Bertz CT molecular complexity index is 1310. The predicted molar refractivity (Wildman–Crippen MR) is 145 cm³/mol. The van der Waals surface area contributed by atoms with Gasteiger partial charge >= 0.3 is 5.97 Å². The number of rotatable bonds is 9. The zero-order chi connectivity index (χ0) is 24.6. The molecule has 0 spiro atoms. The summed E-state index contributed by atoms with van der Waals surface area (Å²) in [7, 11) is 1.30. The lowest BCUT2D eigenvalue weighted by atomic mass is 10.2. The van der Waals surface area contributed by atoms with Crippen molar-refractivity contribution in [1.29, 1.82) is 0 Å². The van der Waals surface area contributed by atoms with Crippen molar-refractivity contribution in [3.63, 3.8) is 0 Å². The topological polar surface area (TPSA) is 98.1 Å². The molecule has 1 amide bonds. The average molecular weight is 599 g/mol. The number of anilines is 2. The number of nitrogens with one attached hydrogen (secondary N) is 2. The Morgan fingerprint density at radius 3 is 2.43 bits per heavy atom. The summed E-state index contributed by atoms with van der Waals surface area (Å²) in [6.07, 6.45) is 0. The lowest BCUT2D eigenvalue weighted by molar-refractivity contribution is -0.113. The van der Waals surface area contributed by atoms with Crippen LogP contribution in [-0.2, 0) is 16.1 Å². The number of carbonyl (C=O) groups is 2. The van der Waals surface area contributed by atoms with Gasteiger partial charge in [0.1, 0.15) is 0 Å². The van der Waals surface area contributed by atoms with E-state index in [1.165, 1.54) is 18.9 Å². The van der Waals surface area contributed by atoms with Crippen molar-refractivity contribution >= 4 is 57.6 Å². The lowest BCUT2D eigenvalue weighted by Gasteiger charge is -2.12. The fraction of sp³-hybridized carbons (Fsp3) is 0.120. The van der Waals surface area contributed by atoms with Gasteiger partial charge in [-0.05, 0) is 71.1 Å². The first-order chi connectivity index (χ1) is 17.0. The number of amides is 1. The van der Waals surface area contributed by atoms with Gasteiger partial charge in [-0.25, -0.2) is 4.79 Å². The van der Waals surface area contributed by atoms with Gasteiger partial charge in [0, 0.05) is 14.9 Å². The highest BCUT2D eigenvalue weighted by Gasteiger charge is 2.17. The number of halogens is 1. The van der Waals surface area contributed by atoms with Crippen LogP contribution in [0.25, 0.3) is 5.69 Å². The molecule has 0 fully saturated rings. The fourth-order valence-corrected chi connectivity index (χ4v) is 4.42. The highest BCUT2D eigenvalue weighted by Crippen LogP contribution is 2.24. The van der Waals surface area contributed by atoms with Crippen molar-refractivity contribution in [3.8, 4) is 5.69 Å². The number of benzene rings is 3. The largest absolute Gasteiger partial charge is 0.465 e. The van der Waals surface area contributed by atoms with Crippen molar-refractivity contribution in [1.82, 2.24) is 14.8 Å². The van der Waals surface area contributed by atoms with Crippen LogP contribution in [0.15, 0.2) is 84.0 Å². The van der Waals surface area contributed by atoms with Crippen molar-refractivity contribution in [2.24, 2.45) is 0 Å². The third-order valence-electron chi connectivity index (χ3n) is 4.95. The molecule has 0 radical (unpaired) electrons. The minimum Gasteiger partial charge on any atom is -0.465 e. The smallest absolute Gasteiger partial charge is 0.339 e. The van der Waals surface area contributed by atoms with Crippen molar-refractivity contribution in [2.45, 2.75) is 11.7 Å². The van der Waals surface area contributed by atoms with Gasteiger partial charge in [-0.1, -0.05) is 42.1 Å². The average Bonchev–Trinajstić information content (AvgIpc) is 3.30. The molecule has 1 aromatic heterocycles. The van der Waals surface area contributed by atoms with E-state index in [4.69, 9.17) is 4.74 Å². The van der Waals surface area contributed by atoms with Gasteiger partial charge < -0.3 is 15.4 Å². The highest BCUT2D eigenvalue weighted by atomic mass is 127. The SMILES string of the molecule is COC(=O)c1ccccc1NC(=O)CSc1nnc(CNc2ccc(I)cc2)n1-c1ccccc1. The van der Waals surface area contributed by atoms with Gasteiger partial charge in [0.05, 0.1) is 30.7 Å². The van der Waals surface area contributed by atoms with E-state index in [0.29, 0.717) is 28.8 Å². The van der Waals surface area contributed by atoms with Crippen LogP contribution in [0.4, 0.5) is 11.4 Å². The van der Waals surface area contributed by atoms with Crippen LogP contribution in [0, 0.1) is 3.57 Å². The fourth-order valence-electron chi connectivity index (χ4n) is 3.29. The van der Waals surface area contributed by atoms with Crippen molar-refractivity contribution in [3.05, 3.63) is 93.8 Å². The summed E-state index contributed by atoms with van der Waals surface area (Å²) in [5.74, 6) is 0.0225. The van der Waals surface area contributed by atoms with Crippen LogP contribution in [0.5, 0.6) is 0 Å². The quantitative estimate of drug-likeness (QED) is 0.159. The van der Waals surface area contributed by atoms with Gasteiger partial charge in [-0.15, -0.1) is 10.2 Å². The molecule has 0 unspecified atom stereocenters. The second kappa shape index (κ2) is 11.8. The molecule has 10 heteroatoms. The zero-order valence-electron chi connectivity index (χ0n) is 18.8. The maximum Gasteiger partial charge on any atom is 0.339 e. The van der Waals surface area contributed by atoms with E-state index >= 15 is 0 Å². The van der Waals surface area contributed by atoms with E-state index in [9.17, 15) is 9.59 Å². The number of hydrogen-bond donors (Lipinski definition) is 2. The number of esters is 1. The molecule has 4 rings (SSSR count). The molecule has 0 aliphatic rings. The predicted octanol–water partition coefficient (Wildman–Crippen LogP) is 5.00. The van der Waals surface area contributed by atoms with Crippen molar-refractivity contribution in [2.75, 3.05) is 23.5 Å². The number of carbonyl (C=O) groups excluding carboxylic acids is 2. The Hall–Kier alpha value is -3.38. The monoisotopic (exact) mass is 599 g/mol. The van der Waals surface area contributed by atoms with Gasteiger partial charge in [-0.3, -0.25) is 9.36 Å². The minimum atomic E-state index is -0.511. The number of thioether (sulfide) groups is 1. The highest BCUT2D eigenvalue weighted by molar-refractivity contribution is 14.1. The molecule has 8 nitrogen and oxygen atoms in total. The van der Waals surface area contributed by atoms with Crippen LogP contribution in [0.3, 0.4) is 0 Å². The number of aromatic nitrogens is 3. The standard InChI is InChI=1S/C25H22IN5O3S/c1-34-24(33)20-9-5-6-10-21(20)28-23(32)16-35-25-30-29-22(31(25)19-7-3-2-4-8-19)15-27-18-13-11-17(26)12-14-18/h2-14,27H,15-16H2,1H3,(H,28,32). The second-order valence-corrected chi connectivity index (χ2v) is 9.49. The molecule has 0 aliphatic carbocycles. The van der Waals surface area contributed by atoms with Gasteiger partial charge in [0.15, 0.2) is 11.0 Å². The maximum absolute atomic E-state index is 12.7. The summed E-state index contributed by atoms with van der Waals surface area (Å²) in [6.45, 7) is 0.460. The summed E-state index contributed by atoms with van der Waals surface area (Å²) in [5.41, 5.74) is 2.57. The molecule has 0 saturated carbocycles. The van der Waals surface area contributed by atoms with Crippen LogP contribution in [0.1, 0.15) is 16.2 Å². The zero-order valence-corrected chi connectivity index (χ0v) is 21.7. The number of para-hydroxylation sites is 2. The molecule has 2 N–H and O–H groups in total. The number of nitrogens with zero attached hydrogens (tertiary/aromatic N) is 3. The molecule has 35 heavy (non-hydrogen) atoms. The Kier molecular flexibility index (Phi) is 8.37. The third-order valence-corrected chi connectivity index (χ3v) is 6.60. The first kappa shape index (κ1) is 24.7. The van der Waals surface area contributed by atoms with E-state index in [-0.39, 0.29) is 11.7 Å². The lowest BCUT2D eigenvalue weighted by Crippen LogP contribution is -2.17. The molecule has 0 bridgehead atoms. The molecule has 1 heterocycles. The van der Waals surface area contributed by atoms with E-state index in [0.717, 1.165) is 14.9 Å². The number of hydrogen-bond acceptors (Lipinski definition) is 7. The Balaban J connectivity index is 1.49. The van der Waals surface area contributed by atoms with Crippen LogP contribution in [-0.4, -0.2) is 39.5 Å².